The van der Waals surface area contributed by atoms with Crippen LogP contribution in [0.2, 0.25) is 0 Å². The third-order valence-electron chi connectivity index (χ3n) is 3.88. The van der Waals surface area contributed by atoms with Crippen molar-refractivity contribution < 1.29 is 9.13 Å². The lowest BCUT2D eigenvalue weighted by Gasteiger charge is -2.11. The second-order valence-electron chi connectivity index (χ2n) is 5.91. The summed E-state index contributed by atoms with van der Waals surface area (Å²) in [6.45, 7) is 3.30. The maximum Gasteiger partial charge on any atom is 0.219 e. The first-order valence-corrected chi connectivity index (χ1v) is 9.74. The second kappa shape index (κ2) is 11.7. The molecule has 2 heterocycles. The van der Waals surface area contributed by atoms with Crippen LogP contribution in [-0.2, 0) is 19.5 Å². The largest absolute Gasteiger partial charge is 0.439 e. The molecule has 6 nitrogen and oxygen atoms in total. The van der Waals surface area contributed by atoms with Gasteiger partial charge >= 0.3 is 0 Å². The van der Waals surface area contributed by atoms with Crippen molar-refractivity contribution >= 4 is 41.3 Å². The first-order valence-electron chi connectivity index (χ1n) is 8.92. The van der Waals surface area contributed by atoms with Crippen molar-refractivity contribution in [2.24, 2.45) is 4.99 Å². The predicted molar refractivity (Wildman–Crippen MR) is 125 cm³/mol. The Labute approximate surface area is 190 Å². The van der Waals surface area contributed by atoms with E-state index < -0.39 is 0 Å². The van der Waals surface area contributed by atoms with Gasteiger partial charge in [0.1, 0.15) is 16.6 Å². The molecule has 154 valence electrons. The maximum absolute atomic E-state index is 13.0. The molecule has 2 aromatic heterocycles. The lowest BCUT2D eigenvalue weighted by atomic mass is 10.2. The van der Waals surface area contributed by atoms with Crippen LogP contribution in [0.15, 0.2) is 53.8 Å². The minimum absolute atomic E-state index is 0. The smallest absolute Gasteiger partial charge is 0.219 e. The number of benzene rings is 1. The van der Waals surface area contributed by atoms with Gasteiger partial charge in [-0.1, -0.05) is 6.92 Å². The average molecular weight is 527 g/mol. The van der Waals surface area contributed by atoms with Gasteiger partial charge in [-0.2, -0.15) is 0 Å². The minimum atomic E-state index is -0.305. The lowest BCUT2D eigenvalue weighted by molar-refractivity contribution is 0.460. The van der Waals surface area contributed by atoms with E-state index in [1.807, 2.05) is 18.3 Å². The number of aromatic nitrogens is 2. The van der Waals surface area contributed by atoms with Gasteiger partial charge in [-0.3, -0.25) is 4.99 Å². The highest BCUT2D eigenvalue weighted by atomic mass is 127. The van der Waals surface area contributed by atoms with Crippen molar-refractivity contribution in [2.75, 3.05) is 7.05 Å². The number of halogens is 2. The third-order valence-corrected chi connectivity index (χ3v) is 5.02. The number of hydrogen-bond acceptors (Lipinski definition) is 5. The van der Waals surface area contributed by atoms with E-state index in [1.165, 1.54) is 17.0 Å². The quantitative estimate of drug-likeness (QED) is 0.269. The molecular weight excluding hydrogens is 504 g/mol. The van der Waals surface area contributed by atoms with Gasteiger partial charge in [0.2, 0.25) is 5.88 Å². The van der Waals surface area contributed by atoms with E-state index in [4.69, 9.17) is 4.74 Å². The number of hydrogen-bond donors (Lipinski definition) is 2. The van der Waals surface area contributed by atoms with Crippen molar-refractivity contribution in [2.45, 2.75) is 26.4 Å². The van der Waals surface area contributed by atoms with Crippen LogP contribution in [0.4, 0.5) is 4.39 Å². The number of ether oxygens (including phenoxy) is 1. The van der Waals surface area contributed by atoms with Gasteiger partial charge in [-0.15, -0.1) is 35.3 Å². The molecule has 0 spiro atoms. The Balaban J connectivity index is 0.00000300. The molecule has 0 aliphatic heterocycles. The second-order valence-corrected chi connectivity index (χ2v) is 7.11. The van der Waals surface area contributed by atoms with Gasteiger partial charge in [0.15, 0.2) is 5.96 Å². The predicted octanol–water partition coefficient (Wildman–Crippen LogP) is 4.52. The summed E-state index contributed by atoms with van der Waals surface area (Å²) in [5.74, 6) is 1.36. The standard InChI is InChI=1S/C20H22FN5OS.HI/c1-3-17-12-24-19(28-17)13-26-20(22-2)25-11-14-8-9-23-18(10-14)27-16-6-4-15(21)5-7-16;/h4-10,12H,3,11,13H2,1-2H3,(H2,22,25,26);1H. The van der Waals surface area contributed by atoms with Crippen LogP contribution >= 0.6 is 35.3 Å². The van der Waals surface area contributed by atoms with Gasteiger partial charge in [-0.25, -0.2) is 14.4 Å². The van der Waals surface area contributed by atoms with Gasteiger partial charge in [-0.05, 0) is 42.3 Å². The lowest BCUT2D eigenvalue weighted by Crippen LogP contribution is -2.36. The number of aliphatic imine (C=N–C) groups is 1. The van der Waals surface area contributed by atoms with Crippen molar-refractivity contribution in [3.8, 4) is 11.6 Å². The number of nitrogens with one attached hydrogen (secondary N) is 2. The summed E-state index contributed by atoms with van der Waals surface area (Å²) in [4.78, 5) is 14.1. The molecule has 0 amide bonds. The minimum Gasteiger partial charge on any atom is -0.439 e. The number of guanidine groups is 1. The molecule has 29 heavy (non-hydrogen) atoms. The number of aryl methyl sites for hydroxylation is 1. The van der Waals surface area contributed by atoms with E-state index in [0.717, 1.165) is 17.0 Å². The van der Waals surface area contributed by atoms with Crippen LogP contribution < -0.4 is 15.4 Å². The van der Waals surface area contributed by atoms with Crippen LogP contribution in [0.1, 0.15) is 22.4 Å². The van der Waals surface area contributed by atoms with Crippen molar-refractivity contribution in [1.29, 1.82) is 0 Å². The van der Waals surface area contributed by atoms with Crippen LogP contribution in [0.25, 0.3) is 0 Å². The van der Waals surface area contributed by atoms with E-state index in [1.54, 1.807) is 36.7 Å². The van der Waals surface area contributed by atoms with Crippen molar-refractivity contribution in [3.05, 3.63) is 70.1 Å². The van der Waals surface area contributed by atoms with Gasteiger partial charge in [0, 0.05) is 36.9 Å². The molecule has 0 unspecified atom stereocenters. The topological polar surface area (TPSA) is 71.4 Å². The Morgan fingerprint density at radius 3 is 2.59 bits per heavy atom. The molecule has 0 radical (unpaired) electrons. The monoisotopic (exact) mass is 527 g/mol. The normalized spacial score (nSPS) is 10.9. The number of pyridine rings is 1. The number of thiazole rings is 1. The molecule has 0 saturated carbocycles. The fraction of sp³-hybridized carbons (Fsp3) is 0.250. The fourth-order valence-electron chi connectivity index (χ4n) is 2.40. The molecular formula is C20H23FIN5OS. The molecule has 0 bridgehead atoms. The average Bonchev–Trinajstić information content (AvgIpc) is 3.18. The van der Waals surface area contributed by atoms with E-state index in [2.05, 4.69) is 32.5 Å². The van der Waals surface area contributed by atoms with Crippen molar-refractivity contribution in [1.82, 2.24) is 20.6 Å². The zero-order chi connectivity index (χ0) is 19.8. The zero-order valence-electron chi connectivity index (χ0n) is 16.2. The maximum atomic E-state index is 13.0. The number of rotatable bonds is 7. The first-order chi connectivity index (χ1) is 13.7. The summed E-state index contributed by atoms with van der Waals surface area (Å²) in [6.07, 6.45) is 4.58. The van der Waals surface area contributed by atoms with Gasteiger partial charge in [0.25, 0.3) is 0 Å². The Morgan fingerprint density at radius 2 is 1.90 bits per heavy atom. The number of nitrogens with zero attached hydrogens (tertiary/aromatic N) is 3. The summed E-state index contributed by atoms with van der Waals surface area (Å²) < 4.78 is 18.7. The van der Waals surface area contributed by atoms with Gasteiger partial charge in [0.05, 0.1) is 6.54 Å². The molecule has 9 heteroatoms. The summed E-state index contributed by atoms with van der Waals surface area (Å²) in [5, 5.41) is 7.54. The van der Waals surface area contributed by atoms with Crippen LogP contribution in [0, 0.1) is 5.82 Å². The van der Waals surface area contributed by atoms with Crippen LogP contribution in [-0.4, -0.2) is 23.0 Å². The van der Waals surface area contributed by atoms with Crippen molar-refractivity contribution in [3.63, 3.8) is 0 Å². The molecule has 3 aromatic rings. The fourth-order valence-corrected chi connectivity index (χ4v) is 3.20. The van der Waals surface area contributed by atoms with E-state index >= 15 is 0 Å². The summed E-state index contributed by atoms with van der Waals surface area (Å²) in [7, 11) is 1.73. The molecule has 0 atom stereocenters. The highest BCUT2D eigenvalue weighted by Crippen LogP contribution is 2.20. The summed E-state index contributed by atoms with van der Waals surface area (Å²) in [5.41, 5.74) is 0.984. The van der Waals surface area contributed by atoms with Crippen LogP contribution in [0.5, 0.6) is 11.6 Å². The van der Waals surface area contributed by atoms with Gasteiger partial charge < -0.3 is 15.4 Å². The first kappa shape index (κ1) is 23.0. The highest BCUT2D eigenvalue weighted by Gasteiger charge is 2.05. The molecule has 1 aromatic carbocycles. The summed E-state index contributed by atoms with van der Waals surface area (Å²) in [6, 6.07) is 9.56. The van der Waals surface area contributed by atoms with E-state index in [9.17, 15) is 4.39 Å². The molecule has 3 rings (SSSR count). The molecule has 0 aliphatic carbocycles. The molecule has 0 aliphatic rings. The van der Waals surface area contributed by atoms with E-state index in [-0.39, 0.29) is 29.8 Å². The molecule has 2 N–H and O–H groups in total. The van der Waals surface area contributed by atoms with Crippen LogP contribution in [0.3, 0.4) is 0 Å². The third kappa shape index (κ3) is 7.24. The van der Waals surface area contributed by atoms with E-state index in [0.29, 0.717) is 30.7 Å². The SMILES string of the molecule is CCc1cnc(CNC(=NC)NCc2ccnc(Oc3ccc(F)cc3)c2)s1.I. The highest BCUT2D eigenvalue weighted by molar-refractivity contribution is 14.0. The molecule has 0 fully saturated rings. The summed E-state index contributed by atoms with van der Waals surface area (Å²) >= 11 is 1.70. The Bertz CT molecular complexity index is 933. The molecule has 0 saturated heterocycles. The Kier molecular flexibility index (Phi) is 9.26. The Hall–Kier alpha value is -2.27. The Morgan fingerprint density at radius 1 is 1.14 bits per heavy atom. The zero-order valence-corrected chi connectivity index (χ0v) is 19.3.